The van der Waals surface area contributed by atoms with Crippen LogP contribution < -0.4 is 10.6 Å². The number of amides is 1. The molecule has 2 aliphatic carbocycles. The molecule has 4 aromatic heterocycles. The van der Waals surface area contributed by atoms with Crippen molar-refractivity contribution in [2.75, 3.05) is 12.4 Å². The minimum atomic E-state index is -0.123. The van der Waals surface area contributed by atoms with Gasteiger partial charge in [0.1, 0.15) is 17.0 Å². The zero-order valence-corrected chi connectivity index (χ0v) is 17.7. The van der Waals surface area contributed by atoms with E-state index in [1.54, 1.807) is 16.9 Å². The molecule has 6 rings (SSSR count). The van der Waals surface area contributed by atoms with Crippen LogP contribution >= 0.6 is 0 Å². The summed E-state index contributed by atoms with van der Waals surface area (Å²) in [7, 11) is 1.82. The second-order valence-electron chi connectivity index (χ2n) is 8.19. The molecule has 0 saturated heterocycles. The number of aromatic nitrogens is 5. The van der Waals surface area contributed by atoms with Crippen LogP contribution in [-0.4, -0.2) is 43.6 Å². The third-order valence-electron chi connectivity index (χ3n) is 6.14. The van der Waals surface area contributed by atoms with Crippen LogP contribution in [0.1, 0.15) is 55.3 Å². The third kappa shape index (κ3) is 3.73. The first-order valence-electron chi connectivity index (χ1n) is 11.0. The van der Waals surface area contributed by atoms with Gasteiger partial charge >= 0.3 is 0 Å². The third-order valence-corrected chi connectivity index (χ3v) is 6.14. The maximum Gasteiger partial charge on any atom is 0.256 e. The summed E-state index contributed by atoms with van der Waals surface area (Å²) >= 11 is 0. The van der Waals surface area contributed by atoms with Gasteiger partial charge in [0.25, 0.3) is 5.91 Å². The van der Waals surface area contributed by atoms with Crippen molar-refractivity contribution in [3.05, 3.63) is 42.4 Å². The number of carbonyl (C=O) groups excluding carboxylic acids is 1. The maximum absolute atomic E-state index is 12.7. The summed E-state index contributed by atoms with van der Waals surface area (Å²) in [6, 6.07) is 6.08. The number of nitrogens with one attached hydrogen (secondary N) is 3. The van der Waals surface area contributed by atoms with E-state index in [1.165, 1.54) is 32.1 Å². The summed E-state index contributed by atoms with van der Waals surface area (Å²) in [6.45, 7) is 0. The molecule has 2 aliphatic rings. The van der Waals surface area contributed by atoms with Gasteiger partial charge in [0.05, 0.1) is 11.9 Å². The SMILES string of the molecule is C1CCC1.CNc1cc(-c2c[nH]c3ncccc23)nc2c(C(=O)NC3CCC3)cnn12. The topological polar surface area (TPSA) is 100 Å². The molecule has 8 heteroatoms. The van der Waals surface area contributed by atoms with Crippen LogP contribution in [0, 0.1) is 0 Å². The van der Waals surface area contributed by atoms with Crippen molar-refractivity contribution in [3.8, 4) is 11.3 Å². The monoisotopic (exact) mass is 417 g/mol. The van der Waals surface area contributed by atoms with Gasteiger partial charge in [-0.25, -0.2) is 9.97 Å². The van der Waals surface area contributed by atoms with Crippen LogP contribution in [0.5, 0.6) is 0 Å². The van der Waals surface area contributed by atoms with Crippen molar-refractivity contribution >= 4 is 28.4 Å². The fraction of sp³-hybridized carbons (Fsp3) is 0.391. The number of H-pyrrole nitrogens is 1. The Labute approximate surface area is 180 Å². The number of hydrogen-bond acceptors (Lipinski definition) is 5. The predicted molar refractivity (Wildman–Crippen MR) is 121 cm³/mol. The number of aromatic amines is 1. The highest BCUT2D eigenvalue weighted by molar-refractivity contribution is 6.01. The van der Waals surface area contributed by atoms with Crippen LogP contribution in [-0.2, 0) is 0 Å². The van der Waals surface area contributed by atoms with E-state index in [2.05, 4.69) is 25.7 Å². The van der Waals surface area contributed by atoms with E-state index in [4.69, 9.17) is 4.98 Å². The summed E-state index contributed by atoms with van der Waals surface area (Å²) in [5, 5.41) is 11.5. The number of rotatable bonds is 4. The Hall–Kier alpha value is -3.42. The molecule has 2 fully saturated rings. The van der Waals surface area contributed by atoms with Gasteiger partial charge in [-0.15, -0.1) is 0 Å². The number of carbonyl (C=O) groups is 1. The second kappa shape index (κ2) is 8.37. The molecule has 0 aromatic carbocycles. The fourth-order valence-electron chi connectivity index (χ4n) is 3.67. The number of hydrogen-bond donors (Lipinski definition) is 3. The largest absolute Gasteiger partial charge is 0.373 e. The zero-order chi connectivity index (χ0) is 21.2. The molecule has 8 nitrogen and oxygen atoms in total. The highest BCUT2D eigenvalue weighted by atomic mass is 16.1. The molecule has 0 spiro atoms. The van der Waals surface area contributed by atoms with Crippen LogP contribution in [0.25, 0.3) is 27.9 Å². The van der Waals surface area contributed by atoms with Crippen molar-refractivity contribution in [1.82, 2.24) is 29.9 Å². The van der Waals surface area contributed by atoms with Crippen molar-refractivity contribution in [2.24, 2.45) is 0 Å². The lowest BCUT2D eigenvalue weighted by molar-refractivity contribution is 0.0918. The quantitative estimate of drug-likeness (QED) is 0.463. The molecule has 0 radical (unpaired) electrons. The van der Waals surface area contributed by atoms with Crippen LogP contribution in [0.4, 0.5) is 5.82 Å². The van der Waals surface area contributed by atoms with Gasteiger partial charge in [-0.1, -0.05) is 25.7 Å². The molecule has 0 bridgehead atoms. The Balaban J connectivity index is 0.000000461. The molecule has 0 atom stereocenters. The molecule has 0 aliphatic heterocycles. The van der Waals surface area contributed by atoms with E-state index in [0.29, 0.717) is 11.2 Å². The average molecular weight is 418 g/mol. The summed E-state index contributed by atoms with van der Waals surface area (Å²) in [4.78, 5) is 25.0. The maximum atomic E-state index is 12.7. The number of pyridine rings is 1. The van der Waals surface area contributed by atoms with Crippen molar-refractivity contribution in [2.45, 2.75) is 51.0 Å². The molecule has 2 saturated carbocycles. The van der Waals surface area contributed by atoms with Gasteiger partial charge in [-0.05, 0) is 31.4 Å². The Morgan fingerprint density at radius 1 is 1.19 bits per heavy atom. The van der Waals surface area contributed by atoms with Crippen molar-refractivity contribution in [3.63, 3.8) is 0 Å². The van der Waals surface area contributed by atoms with Crippen LogP contribution in [0.3, 0.4) is 0 Å². The van der Waals surface area contributed by atoms with Gasteiger partial charge in [-0.2, -0.15) is 9.61 Å². The van der Waals surface area contributed by atoms with Crippen LogP contribution in [0.2, 0.25) is 0 Å². The molecular formula is C23H27N7O. The number of fused-ring (bicyclic) bond motifs is 2. The van der Waals surface area contributed by atoms with Crippen molar-refractivity contribution in [1.29, 1.82) is 0 Å². The Kier molecular flexibility index (Phi) is 5.28. The minimum Gasteiger partial charge on any atom is -0.373 e. The van der Waals surface area contributed by atoms with E-state index in [0.717, 1.165) is 41.0 Å². The van der Waals surface area contributed by atoms with Crippen molar-refractivity contribution < 1.29 is 4.79 Å². The molecule has 31 heavy (non-hydrogen) atoms. The molecule has 4 heterocycles. The van der Waals surface area contributed by atoms with E-state index in [9.17, 15) is 4.79 Å². The second-order valence-corrected chi connectivity index (χ2v) is 8.19. The van der Waals surface area contributed by atoms with Gasteiger partial charge in [0, 0.05) is 42.5 Å². The normalized spacial score (nSPS) is 15.6. The average Bonchev–Trinajstić information content (AvgIpc) is 3.33. The van der Waals surface area contributed by atoms with E-state index in [1.807, 2.05) is 31.4 Å². The Bertz CT molecular complexity index is 1210. The van der Waals surface area contributed by atoms with Crippen LogP contribution in [0.15, 0.2) is 36.8 Å². The fourth-order valence-corrected chi connectivity index (χ4v) is 3.67. The molecule has 160 valence electrons. The van der Waals surface area contributed by atoms with Gasteiger partial charge in [0.15, 0.2) is 5.65 Å². The first-order chi connectivity index (χ1) is 15.2. The minimum absolute atomic E-state index is 0.123. The van der Waals surface area contributed by atoms with E-state index < -0.39 is 0 Å². The standard InChI is InChI=1S/C19H19N7O.C4H8/c1-20-16-8-15(13-9-22-17-12(13)6-3-7-21-17)25-18-14(10-23-26(16)18)19(27)24-11-4-2-5-11;1-2-4-3-1/h3,6-11,20H,2,4-5H2,1H3,(H,21,22)(H,24,27);1-4H2. The lowest BCUT2D eigenvalue weighted by atomic mass is 9.93. The lowest BCUT2D eigenvalue weighted by Crippen LogP contribution is -2.39. The van der Waals surface area contributed by atoms with Gasteiger partial charge in [0.2, 0.25) is 0 Å². The summed E-state index contributed by atoms with van der Waals surface area (Å²) < 4.78 is 1.66. The Morgan fingerprint density at radius 2 is 2.00 bits per heavy atom. The van der Waals surface area contributed by atoms with Gasteiger partial charge < -0.3 is 15.6 Å². The van der Waals surface area contributed by atoms with E-state index in [-0.39, 0.29) is 11.9 Å². The molecule has 4 aromatic rings. The molecule has 3 N–H and O–H groups in total. The highest BCUT2D eigenvalue weighted by Crippen LogP contribution is 2.29. The predicted octanol–water partition coefficient (Wildman–Crippen LogP) is 4.16. The smallest absolute Gasteiger partial charge is 0.256 e. The molecule has 1 amide bonds. The van der Waals surface area contributed by atoms with Gasteiger partial charge in [-0.3, -0.25) is 4.79 Å². The highest BCUT2D eigenvalue weighted by Gasteiger charge is 2.23. The molecule has 0 unspecified atom stereocenters. The lowest BCUT2D eigenvalue weighted by Gasteiger charge is -2.26. The number of nitrogens with zero attached hydrogens (tertiary/aromatic N) is 4. The first-order valence-corrected chi connectivity index (χ1v) is 11.0. The molecular weight excluding hydrogens is 390 g/mol. The first kappa shape index (κ1) is 19.5. The summed E-state index contributed by atoms with van der Waals surface area (Å²) in [6.07, 6.45) is 14.5. The Morgan fingerprint density at radius 3 is 2.68 bits per heavy atom. The van der Waals surface area contributed by atoms with E-state index >= 15 is 0 Å². The summed E-state index contributed by atoms with van der Waals surface area (Å²) in [5.74, 6) is 0.637. The summed E-state index contributed by atoms with van der Waals surface area (Å²) in [5.41, 5.74) is 3.51. The zero-order valence-electron chi connectivity index (χ0n) is 17.7. The number of anilines is 1.